The highest BCUT2D eigenvalue weighted by Gasteiger charge is 2.44. The Labute approximate surface area is 98.0 Å². The lowest BCUT2D eigenvalue weighted by Gasteiger charge is -2.42. The van der Waals surface area contributed by atoms with E-state index in [1.54, 1.807) is 0 Å². The Morgan fingerprint density at radius 3 is 2.56 bits per heavy atom. The molecule has 1 aliphatic carbocycles. The second-order valence-electron chi connectivity index (χ2n) is 5.73. The molecule has 2 heterocycles. The minimum atomic E-state index is 0.353. The Hall–Kier alpha value is -0.340. The molecule has 0 aromatic rings. The highest BCUT2D eigenvalue weighted by Crippen LogP contribution is 2.50. The summed E-state index contributed by atoms with van der Waals surface area (Å²) < 4.78 is 10.8. The minimum absolute atomic E-state index is 0.353. The number of epoxide rings is 2. The third-order valence-electron chi connectivity index (χ3n) is 4.62. The van der Waals surface area contributed by atoms with Crippen LogP contribution in [0.5, 0.6) is 0 Å². The summed E-state index contributed by atoms with van der Waals surface area (Å²) >= 11 is 0. The first-order chi connectivity index (χ1) is 7.82. The quantitative estimate of drug-likeness (QED) is 0.528. The molecule has 3 aliphatic rings. The van der Waals surface area contributed by atoms with Crippen molar-refractivity contribution in [3.63, 3.8) is 0 Å². The van der Waals surface area contributed by atoms with Gasteiger partial charge in [0.15, 0.2) is 0 Å². The fourth-order valence-corrected chi connectivity index (χ4v) is 3.44. The van der Waals surface area contributed by atoms with Gasteiger partial charge in [-0.1, -0.05) is 18.9 Å². The van der Waals surface area contributed by atoms with E-state index >= 15 is 0 Å². The van der Waals surface area contributed by atoms with Gasteiger partial charge >= 0.3 is 0 Å². The number of hydrogen-bond acceptors (Lipinski definition) is 2. The third-order valence-corrected chi connectivity index (χ3v) is 4.62. The predicted molar refractivity (Wildman–Crippen MR) is 63.3 cm³/mol. The molecule has 90 valence electrons. The first kappa shape index (κ1) is 10.8. The van der Waals surface area contributed by atoms with Crippen LogP contribution in [0.25, 0.3) is 0 Å². The van der Waals surface area contributed by atoms with E-state index in [4.69, 9.17) is 9.47 Å². The van der Waals surface area contributed by atoms with Crippen LogP contribution in [0.4, 0.5) is 0 Å². The Morgan fingerprint density at radius 2 is 1.94 bits per heavy atom. The molecule has 3 fully saturated rings. The van der Waals surface area contributed by atoms with Crippen LogP contribution in [-0.4, -0.2) is 25.4 Å². The van der Waals surface area contributed by atoms with E-state index in [1.807, 2.05) is 0 Å². The second kappa shape index (κ2) is 4.15. The van der Waals surface area contributed by atoms with E-state index in [0.717, 1.165) is 19.1 Å². The second-order valence-corrected chi connectivity index (χ2v) is 5.73. The number of rotatable bonds is 5. The summed E-state index contributed by atoms with van der Waals surface area (Å²) in [5.74, 6) is 0.787. The number of ether oxygens (including phenoxy) is 2. The first-order valence-corrected chi connectivity index (χ1v) is 6.69. The number of allylic oxidation sites excluding steroid dienone is 1. The predicted octanol–water partition coefficient (Wildman–Crippen LogP) is 2.93. The largest absolute Gasteiger partial charge is 0.373 e. The maximum Gasteiger partial charge on any atom is 0.0818 e. The molecule has 4 atom stereocenters. The molecule has 0 aromatic carbocycles. The molecule has 1 saturated carbocycles. The van der Waals surface area contributed by atoms with Crippen molar-refractivity contribution >= 4 is 0 Å². The van der Waals surface area contributed by atoms with Crippen LogP contribution in [0.3, 0.4) is 0 Å². The first-order valence-electron chi connectivity index (χ1n) is 6.69. The van der Waals surface area contributed by atoms with E-state index in [2.05, 4.69) is 12.7 Å². The van der Waals surface area contributed by atoms with Crippen LogP contribution < -0.4 is 0 Å². The van der Waals surface area contributed by atoms with E-state index < -0.39 is 0 Å². The van der Waals surface area contributed by atoms with Crippen molar-refractivity contribution in [2.24, 2.45) is 11.3 Å². The van der Waals surface area contributed by atoms with Crippen LogP contribution in [0.2, 0.25) is 0 Å². The molecule has 2 heteroatoms. The molecule has 2 saturated heterocycles. The van der Waals surface area contributed by atoms with Crippen LogP contribution >= 0.6 is 0 Å². The maximum atomic E-state index is 5.43. The van der Waals surface area contributed by atoms with Gasteiger partial charge in [0, 0.05) is 0 Å². The van der Waals surface area contributed by atoms with Gasteiger partial charge in [0.2, 0.25) is 0 Å². The fraction of sp³-hybridized carbons (Fsp3) is 0.857. The molecule has 4 unspecified atom stereocenters. The summed E-state index contributed by atoms with van der Waals surface area (Å²) in [5.41, 5.74) is 0.353. The van der Waals surface area contributed by atoms with Gasteiger partial charge in [-0.05, 0) is 37.0 Å². The molecule has 0 N–H and O–H groups in total. The summed E-state index contributed by atoms with van der Waals surface area (Å²) in [5, 5.41) is 0. The smallest absolute Gasteiger partial charge is 0.0818 e. The summed E-state index contributed by atoms with van der Waals surface area (Å²) in [6.07, 6.45) is 11.2. The molecule has 3 rings (SSSR count). The van der Waals surface area contributed by atoms with Crippen LogP contribution in [0.1, 0.15) is 38.5 Å². The van der Waals surface area contributed by atoms with Crippen molar-refractivity contribution in [1.82, 2.24) is 0 Å². The Kier molecular flexibility index (Phi) is 2.80. The van der Waals surface area contributed by atoms with Crippen molar-refractivity contribution in [3.05, 3.63) is 12.7 Å². The molecule has 0 spiro atoms. The summed E-state index contributed by atoms with van der Waals surface area (Å²) in [6, 6.07) is 0. The minimum Gasteiger partial charge on any atom is -0.373 e. The van der Waals surface area contributed by atoms with Crippen molar-refractivity contribution in [3.8, 4) is 0 Å². The Bertz CT molecular complexity index is 268. The maximum absolute atomic E-state index is 5.43. The normalized spacial score (nSPS) is 46.4. The van der Waals surface area contributed by atoms with Crippen LogP contribution in [-0.2, 0) is 9.47 Å². The van der Waals surface area contributed by atoms with Crippen LogP contribution in [0, 0.1) is 11.3 Å². The van der Waals surface area contributed by atoms with E-state index in [9.17, 15) is 0 Å². The van der Waals surface area contributed by atoms with Gasteiger partial charge in [-0.3, -0.25) is 0 Å². The molecule has 0 radical (unpaired) electrons. The van der Waals surface area contributed by atoms with Gasteiger partial charge in [-0.15, -0.1) is 6.58 Å². The summed E-state index contributed by atoms with van der Waals surface area (Å²) in [4.78, 5) is 0. The van der Waals surface area contributed by atoms with Gasteiger partial charge in [-0.2, -0.15) is 0 Å². The number of hydrogen-bond donors (Lipinski definition) is 0. The fourth-order valence-electron chi connectivity index (χ4n) is 3.44. The zero-order valence-electron chi connectivity index (χ0n) is 9.99. The molecule has 0 bridgehead atoms. The van der Waals surface area contributed by atoms with Crippen molar-refractivity contribution in [1.29, 1.82) is 0 Å². The molecule has 16 heavy (non-hydrogen) atoms. The SMILES string of the molecule is C=CC1(CC2CO2)CCCCC1CC1CO1. The third kappa shape index (κ3) is 2.18. The van der Waals surface area contributed by atoms with Crippen molar-refractivity contribution < 1.29 is 9.47 Å². The standard InChI is InChI=1S/C14H22O2/c1-2-14(8-13-10-16-13)6-4-3-5-11(14)7-12-9-15-12/h2,11-13H,1,3-10H2. The van der Waals surface area contributed by atoms with E-state index in [1.165, 1.54) is 38.5 Å². The average molecular weight is 222 g/mol. The van der Waals surface area contributed by atoms with Gasteiger partial charge in [0.05, 0.1) is 25.4 Å². The van der Waals surface area contributed by atoms with Crippen molar-refractivity contribution in [2.45, 2.75) is 50.7 Å². The zero-order valence-corrected chi connectivity index (χ0v) is 9.99. The van der Waals surface area contributed by atoms with E-state index in [0.29, 0.717) is 17.6 Å². The summed E-state index contributed by atoms with van der Waals surface area (Å²) in [6.45, 7) is 6.08. The molecule has 2 nitrogen and oxygen atoms in total. The highest BCUT2D eigenvalue weighted by molar-refractivity contribution is 5.04. The molecular weight excluding hydrogens is 200 g/mol. The zero-order chi connectivity index (χ0) is 11.0. The molecular formula is C14H22O2. The molecule has 0 aromatic heterocycles. The Morgan fingerprint density at radius 1 is 1.19 bits per heavy atom. The molecule has 0 amide bonds. The van der Waals surface area contributed by atoms with Gasteiger partial charge < -0.3 is 9.47 Å². The monoisotopic (exact) mass is 222 g/mol. The lowest BCUT2D eigenvalue weighted by atomic mass is 9.62. The Balaban J connectivity index is 1.70. The van der Waals surface area contributed by atoms with E-state index in [-0.39, 0.29) is 0 Å². The highest BCUT2D eigenvalue weighted by atomic mass is 16.6. The van der Waals surface area contributed by atoms with Gasteiger partial charge in [-0.25, -0.2) is 0 Å². The summed E-state index contributed by atoms with van der Waals surface area (Å²) in [7, 11) is 0. The average Bonchev–Trinajstić information content (AvgIpc) is 3.16. The lowest BCUT2D eigenvalue weighted by Crippen LogP contribution is -2.34. The van der Waals surface area contributed by atoms with Crippen molar-refractivity contribution in [2.75, 3.05) is 13.2 Å². The lowest BCUT2D eigenvalue weighted by molar-refractivity contribution is 0.109. The van der Waals surface area contributed by atoms with Gasteiger partial charge in [0.1, 0.15) is 0 Å². The van der Waals surface area contributed by atoms with Gasteiger partial charge in [0.25, 0.3) is 0 Å². The van der Waals surface area contributed by atoms with Crippen LogP contribution in [0.15, 0.2) is 12.7 Å². The molecule has 2 aliphatic heterocycles. The topological polar surface area (TPSA) is 25.1 Å².